The van der Waals surface area contributed by atoms with Crippen LogP contribution in [-0.4, -0.2) is 38.7 Å². The molecule has 1 aromatic heterocycles. The van der Waals surface area contributed by atoms with Crippen LogP contribution in [0.25, 0.3) is 11.1 Å². The summed E-state index contributed by atoms with van der Waals surface area (Å²) in [4.78, 5) is 14.5. The molecule has 0 unspecified atom stereocenters. The molecule has 168 valence electrons. The number of nitrogens with zero attached hydrogens (tertiary/aromatic N) is 4. The highest BCUT2D eigenvalue weighted by Gasteiger charge is 2.27. The zero-order valence-electron chi connectivity index (χ0n) is 19.3. The molecule has 4 rings (SSSR count). The van der Waals surface area contributed by atoms with Gasteiger partial charge in [-0.1, -0.05) is 75.4 Å². The molecule has 0 saturated heterocycles. The lowest BCUT2D eigenvalue weighted by Gasteiger charge is -2.23. The number of benzene rings is 2. The predicted octanol–water partition coefficient (Wildman–Crippen LogP) is 4.23. The number of carbonyl (C=O) groups excluding carboxylic acids is 1. The topological polar surface area (TPSA) is 63.1 Å². The number of amides is 1. The maximum atomic E-state index is 12.1. The van der Waals surface area contributed by atoms with Crippen LogP contribution in [-0.2, 0) is 24.3 Å². The van der Waals surface area contributed by atoms with Crippen molar-refractivity contribution in [1.29, 1.82) is 0 Å². The molecule has 6 heteroatoms. The van der Waals surface area contributed by atoms with Crippen LogP contribution < -0.4 is 5.32 Å². The van der Waals surface area contributed by atoms with Gasteiger partial charge in [0.25, 0.3) is 0 Å². The van der Waals surface area contributed by atoms with E-state index in [9.17, 15) is 4.79 Å². The van der Waals surface area contributed by atoms with Crippen molar-refractivity contribution in [2.24, 2.45) is 5.92 Å². The van der Waals surface area contributed by atoms with Gasteiger partial charge in [0.1, 0.15) is 5.82 Å². The second-order valence-electron chi connectivity index (χ2n) is 8.86. The summed E-state index contributed by atoms with van der Waals surface area (Å²) in [5.74, 6) is 2.20. The smallest absolute Gasteiger partial charge is 0.220 e. The third kappa shape index (κ3) is 5.07. The fourth-order valence-corrected chi connectivity index (χ4v) is 4.27. The molecule has 1 aliphatic heterocycles. The zero-order chi connectivity index (χ0) is 22.5. The molecule has 32 heavy (non-hydrogen) atoms. The number of hydrogen-bond donors (Lipinski definition) is 1. The van der Waals surface area contributed by atoms with E-state index in [2.05, 4.69) is 87.4 Å². The number of rotatable bonds is 7. The van der Waals surface area contributed by atoms with E-state index in [0.29, 0.717) is 6.42 Å². The van der Waals surface area contributed by atoms with E-state index in [4.69, 9.17) is 0 Å². The van der Waals surface area contributed by atoms with Gasteiger partial charge in [0.2, 0.25) is 5.91 Å². The average Bonchev–Trinajstić information content (AvgIpc) is 3.11. The van der Waals surface area contributed by atoms with Gasteiger partial charge in [-0.2, -0.15) is 0 Å². The molecule has 0 saturated carbocycles. The standard InChI is InChI=1S/C26H33N5O/c1-4-24(32)27-25(19(2)3)26-29-28-23-14-15-30(16-17-31(23)26)18-20-10-12-22(13-11-20)21-8-6-5-7-9-21/h5-13,19,25H,4,14-18H2,1-3H3,(H,27,32)/t25-/m1/s1. The summed E-state index contributed by atoms with van der Waals surface area (Å²) in [6.45, 7) is 9.75. The molecule has 2 aromatic carbocycles. The molecule has 1 N–H and O–H groups in total. The summed E-state index contributed by atoms with van der Waals surface area (Å²) >= 11 is 0. The van der Waals surface area contributed by atoms with Gasteiger partial charge in [-0.25, -0.2) is 0 Å². The summed E-state index contributed by atoms with van der Waals surface area (Å²) in [6, 6.07) is 19.2. The number of fused-ring (bicyclic) bond motifs is 1. The van der Waals surface area contributed by atoms with Gasteiger partial charge in [-0.05, 0) is 22.6 Å². The van der Waals surface area contributed by atoms with E-state index >= 15 is 0 Å². The van der Waals surface area contributed by atoms with Gasteiger partial charge in [0, 0.05) is 39.0 Å². The Morgan fingerprint density at radius 3 is 2.38 bits per heavy atom. The second-order valence-corrected chi connectivity index (χ2v) is 8.86. The second kappa shape index (κ2) is 10.1. The maximum absolute atomic E-state index is 12.1. The van der Waals surface area contributed by atoms with Crippen LogP contribution in [0.3, 0.4) is 0 Å². The fourth-order valence-electron chi connectivity index (χ4n) is 4.27. The maximum Gasteiger partial charge on any atom is 0.220 e. The van der Waals surface area contributed by atoms with Crippen LogP contribution in [0.4, 0.5) is 0 Å². The van der Waals surface area contributed by atoms with Crippen LogP contribution in [0, 0.1) is 5.92 Å². The van der Waals surface area contributed by atoms with Crippen molar-refractivity contribution in [1.82, 2.24) is 25.0 Å². The molecule has 0 aliphatic carbocycles. The summed E-state index contributed by atoms with van der Waals surface area (Å²) < 4.78 is 2.22. The Morgan fingerprint density at radius 1 is 0.969 bits per heavy atom. The van der Waals surface area contributed by atoms with Crippen LogP contribution in [0.15, 0.2) is 54.6 Å². The largest absolute Gasteiger partial charge is 0.346 e. The van der Waals surface area contributed by atoms with Crippen molar-refractivity contribution < 1.29 is 4.79 Å². The quantitative estimate of drug-likeness (QED) is 0.608. The summed E-state index contributed by atoms with van der Waals surface area (Å²) in [5.41, 5.74) is 3.81. The van der Waals surface area contributed by atoms with Crippen molar-refractivity contribution in [3.05, 3.63) is 71.8 Å². The number of nitrogens with one attached hydrogen (secondary N) is 1. The molecule has 6 nitrogen and oxygen atoms in total. The fraction of sp³-hybridized carbons (Fsp3) is 0.423. The van der Waals surface area contributed by atoms with Gasteiger partial charge in [-0.15, -0.1) is 10.2 Å². The Balaban J connectivity index is 1.43. The monoisotopic (exact) mass is 431 g/mol. The van der Waals surface area contributed by atoms with Gasteiger partial charge >= 0.3 is 0 Å². The van der Waals surface area contributed by atoms with Crippen LogP contribution in [0.5, 0.6) is 0 Å². The third-order valence-corrected chi connectivity index (χ3v) is 6.20. The minimum Gasteiger partial charge on any atom is -0.346 e. The van der Waals surface area contributed by atoms with Crippen molar-refractivity contribution in [3.8, 4) is 11.1 Å². The molecular weight excluding hydrogens is 398 g/mol. The SMILES string of the molecule is CCC(=O)N[C@@H](c1nnc2n1CCN(Cc1ccc(-c3ccccc3)cc1)CC2)C(C)C. The zero-order valence-corrected chi connectivity index (χ0v) is 19.3. The molecule has 1 atom stereocenters. The van der Waals surface area contributed by atoms with E-state index in [-0.39, 0.29) is 17.9 Å². The highest BCUT2D eigenvalue weighted by Crippen LogP contribution is 2.24. The molecule has 0 radical (unpaired) electrons. The van der Waals surface area contributed by atoms with Crippen LogP contribution >= 0.6 is 0 Å². The van der Waals surface area contributed by atoms with Gasteiger partial charge in [0.15, 0.2) is 5.82 Å². The molecule has 0 spiro atoms. The molecule has 1 amide bonds. The third-order valence-electron chi connectivity index (χ3n) is 6.20. The average molecular weight is 432 g/mol. The van der Waals surface area contributed by atoms with Crippen LogP contribution in [0.2, 0.25) is 0 Å². The van der Waals surface area contributed by atoms with Crippen molar-refractivity contribution >= 4 is 5.91 Å². The van der Waals surface area contributed by atoms with Gasteiger partial charge in [0.05, 0.1) is 6.04 Å². The lowest BCUT2D eigenvalue weighted by molar-refractivity contribution is -0.121. The molecule has 3 aromatic rings. The number of aromatic nitrogens is 3. The highest BCUT2D eigenvalue weighted by molar-refractivity contribution is 5.75. The van der Waals surface area contributed by atoms with Crippen molar-refractivity contribution in [2.45, 2.75) is 52.7 Å². The molecule has 1 aliphatic rings. The Bertz CT molecular complexity index is 1030. The Kier molecular flexibility index (Phi) is 7.00. The molecular formula is C26H33N5O. The number of carbonyl (C=O) groups is 1. The summed E-state index contributed by atoms with van der Waals surface area (Å²) in [6.07, 6.45) is 1.34. The lowest BCUT2D eigenvalue weighted by atomic mass is 10.0. The van der Waals surface area contributed by atoms with E-state index in [0.717, 1.165) is 44.2 Å². The first-order valence-corrected chi connectivity index (χ1v) is 11.6. The van der Waals surface area contributed by atoms with Crippen molar-refractivity contribution in [3.63, 3.8) is 0 Å². The molecule has 0 bridgehead atoms. The first kappa shape index (κ1) is 22.2. The Morgan fingerprint density at radius 2 is 1.69 bits per heavy atom. The lowest BCUT2D eigenvalue weighted by Crippen LogP contribution is -2.34. The van der Waals surface area contributed by atoms with E-state index in [1.807, 2.05) is 13.0 Å². The van der Waals surface area contributed by atoms with Crippen molar-refractivity contribution in [2.75, 3.05) is 13.1 Å². The normalized spacial score (nSPS) is 15.2. The Labute approximate surface area is 190 Å². The Hall–Kier alpha value is -2.99. The highest BCUT2D eigenvalue weighted by atomic mass is 16.1. The molecule has 0 fully saturated rings. The predicted molar refractivity (Wildman–Crippen MR) is 127 cm³/mol. The first-order chi connectivity index (χ1) is 15.5. The summed E-state index contributed by atoms with van der Waals surface area (Å²) in [7, 11) is 0. The van der Waals surface area contributed by atoms with Gasteiger partial charge in [-0.3, -0.25) is 9.69 Å². The van der Waals surface area contributed by atoms with E-state index in [1.54, 1.807) is 0 Å². The van der Waals surface area contributed by atoms with E-state index in [1.165, 1.54) is 16.7 Å². The summed E-state index contributed by atoms with van der Waals surface area (Å²) in [5, 5.41) is 12.1. The van der Waals surface area contributed by atoms with Gasteiger partial charge < -0.3 is 9.88 Å². The van der Waals surface area contributed by atoms with Crippen LogP contribution in [0.1, 0.15) is 50.4 Å². The first-order valence-electron chi connectivity index (χ1n) is 11.6. The molecule has 2 heterocycles. The minimum absolute atomic E-state index is 0.0512. The minimum atomic E-state index is -0.110. The number of hydrogen-bond acceptors (Lipinski definition) is 4. The van der Waals surface area contributed by atoms with E-state index < -0.39 is 0 Å².